The van der Waals surface area contributed by atoms with E-state index >= 15 is 0 Å². The van der Waals surface area contributed by atoms with Gasteiger partial charge in [-0.15, -0.1) is 0 Å². The summed E-state index contributed by atoms with van der Waals surface area (Å²) in [6.45, 7) is 5.74. The molecule has 3 rings (SSSR count). The Labute approximate surface area is 152 Å². The maximum Gasteiger partial charge on any atom is 0.416 e. The molecule has 0 aromatic heterocycles. The molecule has 26 heavy (non-hydrogen) atoms. The normalized spacial score (nSPS) is 24.5. The van der Waals surface area contributed by atoms with Gasteiger partial charge >= 0.3 is 6.18 Å². The fraction of sp³-hybridized carbons (Fsp3) is 0.632. The molecule has 1 N–H and O–H groups in total. The molecular weight excluding hydrogens is 343 g/mol. The van der Waals surface area contributed by atoms with Crippen LogP contribution in [0.1, 0.15) is 29.9 Å². The van der Waals surface area contributed by atoms with E-state index in [1.54, 1.807) is 6.07 Å². The van der Waals surface area contributed by atoms with Crippen molar-refractivity contribution in [2.45, 2.75) is 24.9 Å². The molecule has 1 aromatic carbocycles. The van der Waals surface area contributed by atoms with Gasteiger partial charge in [0.2, 0.25) is 5.91 Å². The lowest BCUT2D eigenvalue weighted by Crippen LogP contribution is -2.45. The molecular formula is C19H26F3N3O. The maximum absolute atomic E-state index is 13.1. The summed E-state index contributed by atoms with van der Waals surface area (Å²) in [4.78, 5) is 16.9. The zero-order chi connectivity index (χ0) is 18.7. The maximum atomic E-state index is 13.1. The van der Waals surface area contributed by atoms with Crippen LogP contribution in [0.5, 0.6) is 0 Å². The Morgan fingerprint density at radius 2 is 1.88 bits per heavy atom. The number of alkyl halides is 3. The predicted molar refractivity (Wildman–Crippen MR) is 93.9 cm³/mol. The van der Waals surface area contributed by atoms with Crippen LogP contribution in [0, 0.1) is 5.92 Å². The highest BCUT2D eigenvalue weighted by atomic mass is 19.4. The number of carbonyl (C=O) groups excluding carboxylic acids is 1. The third-order valence-electron chi connectivity index (χ3n) is 5.34. The molecule has 4 nitrogen and oxygen atoms in total. The fourth-order valence-corrected chi connectivity index (χ4v) is 3.62. The molecule has 7 heteroatoms. The Bertz CT molecular complexity index is 627. The van der Waals surface area contributed by atoms with Crippen molar-refractivity contribution in [3.63, 3.8) is 0 Å². The Hall–Kier alpha value is -1.60. The highest BCUT2D eigenvalue weighted by Gasteiger charge is 2.47. The molecule has 1 amide bonds. The van der Waals surface area contributed by atoms with Crippen LogP contribution in [-0.4, -0.2) is 62.0 Å². The molecule has 0 spiro atoms. The Kier molecular flexibility index (Phi) is 5.87. The standard InChI is InChI=1S/C19H26F3N3O/c1-24-9-11-25(12-10-24)8-4-7-23-18(26)16-13-15(16)14-5-2-3-6-17(14)19(20,21)22/h2-3,5-6,15-16H,4,7-13H2,1H3,(H,23,26). The summed E-state index contributed by atoms with van der Waals surface area (Å²) in [5.41, 5.74) is -0.368. The van der Waals surface area contributed by atoms with Crippen LogP contribution in [0.2, 0.25) is 0 Å². The first-order chi connectivity index (χ1) is 12.4. The van der Waals surface area contributed by atoms with E-state index < -0.39 is 11.7 Å². The number of benzene rings is 1. The van der Waals surface area contributed by atoms with E-state index in [9.17, 15) is 18.0 Å². The van der Waals surface area contributed by atoms with Gasteiger partial charge in [-0.2, -0.15) is 13.2 Å². The van der Waals surface area contributed by atoms with Crippen molar-refractivity contribution in [3.8, 4) is 0 Å². The van der Waals surface area contributed by atoms with Crippen LogP contribution >= 0.6 is 0 Å². The largest absolute Gasteiger partial charge is 0.416 e. The van der Waals surface area contributed by atoms with E-state index in [0.29, 0.717) is 13.0 Å². The van der Waals surface area contributed by atoms with Crippen LogP contribution in [0.25, 0.3) is 0 Å². The summed E-state index contributed by atoms with van der Waals surface area (Å²) in [5.74, 6) is -0.766. The Balaban J connectivity index is 1.42. The number of hydrogen-bond donors (Lipinski definition) is 1. The van der Waals surface area contributed by atoms with Crippen molar-refractivity contribution in [1.29, 1.82) is 0 Å². The molecule has 2 aliphatic rings. The minimum atomic E-state index is -4.37. The summed E-state index contributed by atoms with van der Waals surface area (Å²) in [7, 11) is 2.11. The topological polar surface area (TPSA) is 35.6 Å². The molecule has 1 saturated heterocycles. The molecule has 1 aliphatic carbocycles. The number of halogens is 3. The second kappa shape index (κ2) is 7.96. The number of carbonyl (C=O) groups is 1. The van der Waals surface area contributed by atoms with Crippen molar-refractivity contribution < 1.29 is 18.0 Å². The fourth-order valence-electron chi connectivity index (χ4n) is 3.62. The third kappa shape index (κ3) is 4.76. The highest BCUT2D eigenvalue weighted by Crippen LogP contribution is 2.50. The molecule has 2 atom stereocenters. The first-order valence-electron chi connectivity index (χ1n) is 9.21. The van der Waals surface area contributed by atoms with E-state index in [1.165, 1.54) is 12.1 Å². The molecule has 0 radical (unpaired) electrons. The molecule has 0 bridgehead atoms. The molecule has 2 fully saturated rings. The second-order valence-corrected chi connectivity index (χ2v) is 7.32. The molecule has 1 aliphatic heterocycles. The average molecular weight is 369 g/mol. The van der Waals surface area contributed by atoms with Crippen LogP contribution in [0.3, 0.4) is 0 Å². The van der Waals surface area contributed by atoms with Crippen LogP contribution in [0.15, 0.2) is 24.3 Å². The van der Waals surface area contributed by atoms with Crippen molar-refractivity contribution in [3.05, 3.63) is 35.4 Å². The van der Waals surface area contributed by atoms with Crippen LogP contribution < -0.4 is 5.32 Å². The second-order valence-electron chi connectivity index (χ2n) is 7.32. The zero-order valence-electron chi connectivity index (χ0n) is 15.1. The Morgan fingerprint density at radius 3 is 2.58 bits per heavy atom. The zero-order valence-corrected chi connectivity index (χ0v) is 15.1. The first kappa shape index (κ1) is 19.2. The first-order valence-corrected chi connectivity index (χ1v) is 9.21. The van der Waals surface area contributed by atoms with Gasteiger partial charge in [-0.05, 0) is 44.0 Å². The average Bonchev–Trinajstić information content (AvgIpc) is 3.40. The summed E-state index contributed by atoms with van der Waals surface area (Å²) < 4.78 is 39.3. The van der Waals surface area contributed by atoms with Gasteiger partial charge in [-0.1, -0.05) is 18.2 Å². The van der Waals surface area contributed by atoms with Gasteiger partial charge in [-0.3, -0.25) is 4.79 Å². The SMILES string of the molecule is CN1CCN(CCCNC(=O)C2CC2c2ccccc2C(F)(F)F)CC1. The van der Waals surface area contributed by atoms with E-state index in [1.807, 2.05) is 0 Å². The number of hydrogen-bond acceptors (Lipinski definition) is 3. The number of amides is 1. The predicted octanol–water partition coefficient (Wildman–Crippen LogP) is 2.56. The lowest BCUT2D eigenvalue weighted by molar-refractivity contribution is -0.138. The summed E-state index contributed by atoms with van der Waals surface area (Å²) in [5, 5.41) is 2.89. The van der Waals surface area contributed by atoms with Gasteiger partial charge in [0.05, 0.1) is 5.56 Å². The van der Waals surface area contributed by atoms with E-state index in [0.717, 1.165) is 45.2 Å². The monoisotopic (exact) mass is 369 g/mol. The highest BCUT2D eigenvalue weighted by molar-refractivity contribution is 5.83. The summed E-state index contributed by atoms with van der Waals surface area (Å²) >= 11 is 0. The van der Waals surface area contributed by atoms with Crippen LogP contribution in [-0.2, 0) is 11.0 Å². The van der Waals surface area contributed by atoms with Crippen molar-refractivity contribution in [2.24, 2.45) is 5.92 Å². The molecule has 1 saturated carbocycles. The number of piperazine rings is 1. The minimum Gasteiger partial charge on any atom is -0.356 e. The van der Waals surface area contributed by atoms with Gasteiger partial charge in [-0.25, -0.2) is 0 Å². The van der Waals surface area contributed by atoms with Gasteiger partial charge in [0.15, 0.2) is 0 Å². The Morgan fingerprint density at radius 1 is 1.19 bits per heavy atom. The lowest BCUT2D eigenvalue weighted by atomic mass is 10.0. The van der Waals surface area contributed by atoms with Gasteiger partial charge in [0.25, 0.3) is 0 Å². The molecule has 1 heterocycles. The van der Waals surface area contributed by atoms with Gasteiger partial charge in [0, 0.05) is 38.6 Å². The van der Waals surface area contributed by atoms with Crippen molar-refractivity contribution in [1.82, 2.24) is 15.1 Å². The number of nitrogens with one attached hydrogen (secondary N) is 1. The molecule has 1 aromatic rings. The van der Waals surface area contributed by atoms with Crippen molar-refractivity contribution in [2.75, 3.05) is 46.3 Å². The third-order valence-corrected chi connectivity index (χ3v) is 5.34. The summed E-state index contributed by atoms with van der Waals surface area (Å²) in [6.07, 6.45) is -3.01. The number of nitrogens with zero attached hydrogens (tertiary/aromatic N) is 2. The molecule has 144 valence electrons. The van der Waals surface area contributed by atoms with E-state index in [-0.39, 0.29) is 23.3 Å². The van der Waals surface area contributed by atoms with Gasteiger partial charge < -0.3 is 15.1 Å². The number of rotatable bonds is 6. The minimum absolute atomic E-state index is 0.120. The molecule has 2 unspecified atom stereocenters. The van der Waals surface area contributed by atoms with Crippen LogP contribution in [0.4, 0.5) is 13.2 Å². The smallest absolute Gasteiger partial charge is 0.356 e. The van der Waals surface area contributed by atoms with Gasteiger partial charge in [0.1, 0.15) is 0 Å². The lowest BCUT2D eigenvalue weighted by Gasteiger charge is -2.32. The number of likely N-dealkylation sites (N-methyl/N-ethyl adjacent to an activating group) is 1. The quantitative estimate of drug-likeness (QED) is 0.783. The van der Waals surface area contributed by atoms with E-state index in [4.69, 9.17) is 0 Å². The summed E-state index contributed by atoms with van der Waals surface area (Å²) in [6, 6.07) is 5.59. The van der Waals surface area contributed by atoms with E-state index in [2.05, 4.69) is 22.2 Å². The van der Waals surface area contributed by atoms with Crippen molar-refractivity contribution >= 4 is 5.91 Å².